The van der Waals surface area contributed by atoms with Crippen LogP contribution in [-0.2, 0) is 0 Å². The number of aryl methyl sites for hydroxylation is 1. The second kappa shape index (κ2) is 9.42. The summed E-state index contributed by atoms with van der Waals surface area (Å²) in [6.45, 7) is 6.70. The summed E-state index contributed by atoms with van der Waals surface area (Å²) in [6.07, 6.45) is 0.925. The standard InChI is InChI=1S/C21H25ClN2O3/c1-13(2)9-10-23-20(25)15-5-7-16(8-6-15)21(26)24-18-11-14(3)17(22)12-19(18)27-4/h5-8,11-13H,9-10H2,1-4H3,(H,23,25)(H,24,26). The Labute approximate surface area is 165 Å². The Bertz CT molecular complexity index is 817. The highest BCUT2D eigenvalue weighted by molar-refractivity contribution is 6.31. The van der Waals surface area contributed by atoms with Crippen molar-refractivity contribution in [3.63, 3.8) is 0 Å². The number of halogens is 1. The fraction of sp³-hybridized carbons (Fsp3) is 0.333. The third-order valence-electron chi connectivity index (χ3n) is 4.15. The largest absolute Gasteiger partial charge is 0.495 e. The molecule has 2 rings (SSSR count). The predicted molar refractivity (Wildman–Crippen MR) is 109 cm³/mol. The first kappa shape index (κ1) is 20.8. The highest BCUT2D eigenvalue weighted by atomic mass is 35.5. The van der Waals surface area contributed by atoms with E-state index in [4.69, 9.17) is 16.3 Å². The van der Waals surface area contributed by atoms with Gasteiger partial charge < -0.3 is 15.4 Å². The second-order valence-corrected chi connectivity index (χ2v) is 7.18. The van der Waals surface area contributed by atoms with E-state index in [-0.39, 0.29) is 11.8 Å². The molecule has 0 aliphatic rings. The molecule has 0 spiro atoms. The first-order valence-corrected chi connectivity index (χ1v) is 9.23. The van der Waals surface area contributed by atoms with Gasteiger partial charge in [-0.25, -0.2) is 0 Å². The van der Waals surface area contributed by atoms with Gasteiger partial charge in [0, 0.05) is 28.8 Å². The van der Waals surface area contributed by atoms with Gasteiger partial charge in [-0.2, -0.15) is 0 Å². The molecule has 0 radical (unpaired) electrons. The number of anilines is 1. The molecule has 2 aromatic carbocycles. The van der Waals surface area contributed by atoms with E-state index in [0.717, 1.165) is 12.0 Å². The van der Waals surface area contributed by atoms with Gasteiger partial charge in [0.1, 0.15) is 5.75 Å². The molecular formula is C21H25ClN2O3. The molecule has 27 heavy (non-hydrogen) atoms. The maximum Gasteiger partial charge on any atom is 0.255 e. The highest BCUT2D eigenvalue weighted by Gasteiger charge is 2.13. The summed E-state index contributed by atoms with van der Waals surface area (Å²) in [6, 6.07) is 9.96. The number of rotatable bonds is 7. The van der Waals surface area contributed by atoms with Crippen LogP contribution >= 0.6 is 11.6 Å². The SMILES string of the molecule is COc1cc(Cl)c(C)cc1NC(=O)c1ccc(C(=O)NCCC(C)C)cc1. The predicted octanol–water partition coefficient (Wildman–Crippen LogP) is 4.69. The van der Waals surface area contributed by atoms with Gasteiger partial charge in [-0.15, -0.1) is 0 Å². The summed E-state index contributed by atoms with van der Waals surface area (Å²) < 4.78 is 5.27. The number of carbonyl (C=O) groups is 2. The molecule has 5 nitrogen and oxygen atoms in total. The number of amides is 2. The van der Waals surface area contributed by atoms with Gasteiger partial charge in [0.25, 0.3) is 11.8 Å². The summed E-state index contributed by atoms with van der Waals surface area (Å²) in [5.74, 6) is 0.587. The minimum absolute atomic E-state index is 0.141. The number of methoxy groups -OCH3 is 1. The zero-order valence-corrected chi connectivity index (χ0v) is 16.8. The molecule has 0 saturated carbocycles. The van der Waals surface area contributed by atoms with Crippen molar-refractivity contribution >= 4 is 29.1 Å². The van der Waals surface area contributed by atoms with Crippen molar-refractivity contribution in [1.82, 2.24) is 5.32 Å². The van der Waals surface area contributed by atoms with Crippen molar-refractivity contribution in [1.29, 1.82) is 0 Å². The maximum atomic E-state index is 12.5. The average Bonchev–Trinajstić information content (AvgIpc) is 2.64. The lowest BCUT2D eigenvalue weighted by molar-refractivity contribution is 0.0950. The van der Waals surface area contributed by atoms with Crippen molar-refractivity contribution in [2.24, 2.45) is 5.92 Å². The summed E-state index contributed by atoms with van der Waals surface area (Å²) in [7, 11) is 1.52. The van der Waals surface area contributed by atoms with Crippen molar-refractivity contribution in [2.45, 2.75) is 27.2 Å². The van der Waals surface area contributed by atoms with Crippen LogP contribution < -0.4 is 15.4 Å². The van der Waals surface area contributed by atoms with E-state index in [0.29, 0.717) is 40.0 Å². The maximum absolute atomic E-state index is 12.5. The number of carbonyl (C=O) groups excluding carboxylic acids is 2. The molecule has 2 amide bonds. The lowest BCUT2D eigenvalue weighted by Gasteiger charge is -2.12. The molecule has 144 valence electrons. The molecule has 0 unspecified atom stereocenters. The molecule has 0 aliphatic carbocycles. The van der Waals surface area contributed by atoms with Crippen molar-refractivity contribution < 1.29 is 14.3 Å². The number of hydrogen-bond donors (Lipinski definition) is 2. The van der Waals surface area contributed by atoms with Gasteiger partial charge in [0.2, 0.25) is 0 Å². The van der Waals surface area contributed by atoms with E-state index >= 15 is 0 Å². The Kier molecular flexibility index (Phi) is 7.25. The molecule has 0 aromatic heterocycles. The van der Waals surface area contributed by atoms with Crippen LogP contribution in [0, 0.1) is 12.8 Å². The van der Waals surface area contributed by atoms with Crippen LogP contribution in [0.5, 0.6) is 5.75 Å². The van der Waals surface area contributed by atoms with Crippen LogP contribution in [0.1, 0.15) is 46.5 Å². The van der Waals surface area contributed by atoms with E-state index in [9.17, 15) is 9.59 Å². The van der Waals surface area contributed by atoms with Crippen LogP contribution in [0.4, 0.5) is 5.69 Å². The van der Waals surface area contributed by atoms with Crippen molar-refractivity contribution in [2.75, 3.05) is 19.0 Å². The van der Waals surface area contributed by atoms with Crippen LogP contribution in [0.2, 0.25) is 5.02 Å². The molecule has 0 atom stereocenters. The van der Waals surface area contributed by atoms with E-state index in [1.807, 2.05) is 6.92 Å². The molecule has 0 bridgehead atoms. The van der Waals surface area contributed by atoms with Crippen LogP contribution in [-0.4, -0.2) is 25.5 Å². The van der Waals surface area contributed by atoms with Gasteiger partial charge in [-0.1, -0.05) is 25.4 Å². The topological polar surface area (TPSA) is 67.4 Å². The molecule has 0 heterocycles. The second-order valence-electron chi connectivity index (χ2n) is 6.77. The third kappa shape index (κ3) is 5.73. The van der Waals surface area contributed by atoms with E-state index in [1.165, 1.54) is 7.11 Å². The van der Waals surface area contributed by atoms with Gasteiger partial charge in [0.15, 0.2) is 0 Å². The van der Waals surface area contributed by atoms with Gasteiger partial charge in [0.05, 0.1) is 12.8 Å². The van der Waals surface area contributed by atoms with E-state index in [1.54, 1.807) is 36.4 Å². The first-order chi connectivity index (χ1) is 12.8. The number of nitrogens with one attached hydrogen (secondary N) is 2. The highest BCUT2D eigenvalue weighted by Crippen LogP contribution is 2.31. The number of benzene rings is 2. The molecule has 6 heteroatoms. The Hall–Kier alpha value is -2.53. The Balaban J connectivity index is 2.06. The summed E-state index contributed by atoms with van der Waals surface area (Å²) >= 11 is 6.09. The number of ether oxygens (including phenoxy) is 1. The third-order valence-corrected chi connectivity index (χ3v) is 4.55. The van der Waals surface area contributed by atoms with Crippen molar-refractivity contribution in [3.8, 4) is 5.75 Å². The van der Waals surface area contributed by atoms with Crippen molar-refractivity contribution in [3.05, 3.63) is 58.1 Å². The fourth-order valence-electron chi connectivity index (χ4n) is 2.47. The summed E-state index contributed by atoms with van der Waals surface area (Å²) in [5.41, 5.74) is 2.35. The summed E-state index contributed by atoms with van der Waals surface area (Å²) in [4.78, 5) is 24.6. The molecule has 0 saturated heterocycles. The number of hydrogen-bond acceptors (Lipinski definition) is 3. The normalized spacial score (nSPS) is 10.6. The Morgan fingerprint density at radius 3 is 2.22 bits per heavy atom. The minimum Gasteiger partial charge on any atom is -0.495 e. The van der Waals surface area contributed by atoms with E-state index < -0.39 is 0 Å². The lowest BCUT2D eigenvalue weighted by Crippen LogP contribution is -2.25. The molecule has 2 N–H and O–H groups in total. The van der Waals surface area contributed by atoms with Gasteiger partial charge in [-0.05, 0) is 55.2 Å². The monoisotopic (exact) mass is 388 g/mol. The fourth-order valence-corrected chi connectivity index (χ4v) is 2.63. The quantitative estimate of drug-likeness (QED) is 0.723. The lowest BCUT2D eigenvalue weighted by atomic mass is 10.1. The minimum atomic E-state index is -0.290. The van der Waals surface area contributed by atoms with Gasteiger partial charge >= 0.3 is 0 Å². The zero-order valence-electron chi connectivity index (χ0n) is 16.1. The molecule has 0 fully saturated rings. The zero-order chi connectivity index (χ0) is 20.0. The molecule has 0 aliphatic heterocycles. The van der Waals surface area contributed by atoms with E-state index in [2.05, 4.69) is 24.5 Å². The average molecular weight is 389 g/mol. The smallest absolute Gasteiger partial charge is 0.255 e. The van der Waals surface area contributed by atoms with Crippen LogP contribution in [0.3, 0.4) is 0 Å². The Morgan fingerprint density at radius 2 is 1.67 bits per heavy atom. The summed E-state index contributed by atoms with van der Waals surface area (Å²) in [5, 5.41) is 6.26. The molecular weight excluding hydrogens is 364 g/mol. The van der Waals surface area contributed by atoms with Crippen LogP contribution in [0.25, 0.3) is 0 Å². The first-order valence-electron chi connectivity index (χ1n) is 8.85. The van der Waals surface area contributed by atoms with Crippen LogP contribution in [0.15, 0.2) is 36.4 Å². The Morgan fingerprint density at radius 1 is 1.07 bits per heavy atom. The van der Waals surface area contributed by atoms with Gasteiger partial charge in [-0.3, -0.25) is 9.59 Å². The molecule has 2 aromatic rings.